The van der Waals surface area contributed by atoms with Crippen LogP contribution in [-0.2, 0) is 12.8 Å². The fourth-order valence-electron chi connectivity index (χ4n) is 2.58. The zero-order valence-corrected chi connectivity index (χ0v) is 13.0. The summed E-state index contributed by atoms with van der Waals surface area (Å²) in [5.41, 5.74) is 1.96. The van der Waals surface area contributed by atoms with Gasteiger partial charge in [0, 0.05) is 4.88 Å². The van der Waals surface area contributed by atoms with Crippen molar-refractivity contribution in [3.05, 3.63) is 39.1 Å². The first-order valence-corrected chi connectivity index (χ1v) is 7.88. The van der Waals surface area contributed by atoms with Crippen LogP contribution in [0.1, 0.15) is 39.7 Å². The van der Waals surface area contributed by atoms with Crippen LogP contribution in [0.15, 0.2) is 16.7 Å². The number of anilines is 1. The van der Waals surface area contributed by atoms with Crippen LogP contribution in [0.5, 0.6) is 0 Å². The van der Waals surface area contributed by atoms with Gasteiger partial charge in [-0.15, -0.1) is 11.3 Å². The van der Waals surface area contributed by atoms with Crippen LogP contribution in [0.3, 0.4) is 0 Å². The van der Waals surface area contributed by atoms with Gasteiger partial charge in [0.2, 0.25) is 5.22 Å². The van der Waals surface area contributed by atoms with E-state index in [4.69, 9.17) is 16.0 Å². The van der Waals surface area contributed by atoms with Crippen LogP contribution in [0, 0.1) is 17.2 Å². The van der Waals surface area contributed by atoms with Gasteiger partial charge >= 0.3 is 0 Å². The van der Waals surface area contributed by atoms with Gasteiger partial charge in [0.25, 0.3) is 5.91 Å². The van der Waals surface area contributed by atoms with Crippen molar-refractivity contribution in [2.45, 2.75) is 26.2 Å². The number of thiophene rings is 1. The maximum absolute atomic E-state index is 12.2. The van der Waals surface area contributed by atoms with Gasteiger partial charge in [0.15, 0.2) is 0 Å². The molecule has 0 radical (unpaired) electrons. The van der Waals surface area contributed by atoms with Gasteiger partial charge < -0.3 is 9.73 Å². The average molecular weight is 321 g/mol. The smallest absolute Gasteiger partial charge is 0.261 e. The molecule has 0 saturated carbocycles. The molecule has 2 aromatic rings. The molecular formula is C15H13ClN2O2S. The van der Waals surface area contributed by atoms with Gasteiger partial charge in [-0.2, -0.15) is 5.26 Å². The number of rotatable bonds is 2. The molecule has 6 heteroatoms. The van der Waals surface area contributed by atoms with E-state index in [-0.39, 0.29) is 16.7 Å². The van der Waals surface area contributed by atoms with Crippen LogP contribution in [0.4, 0.5) is 5.00 Å². The molecule has 2 heterocycles. The fraction of sp³-hybridized carbons (Fsp3) is 0.333. The minimum atomic E-state index is -0.350. The van der Waals surface area contributed by atoms with E-state index in [1.54, 1.807) is 0 Å². The number of fused-ring (bicyclic) bond motifs is 1. The van der Waals surface area contributed by atoms with Crippen LogP contribution < -0.4 is 5.32 Å². The van der Waals surface area contributed by atoms with Crippen molar-refractivity contribution < 1.29 is 9.21 Å². The average Bonchev–Trinajstić information content (AvgIpc) is 3.01. The Labute approximate surface area is 131 Å². The summed E-state index contributed by atoms with van der Waals surface area (Å²) < 4.78 is 4.92. The molecule has 4 nitrogen and oxygen atoms in total. The zero-order chi connectivity index (χ0) is 15.0. The number of nitriles is 1. The zero-order valence-electron chi connectivity index (χ0n) is 11.4. The third kappa shape index (κ3) is 2.57. The summed E-state index contributed by atoms with van der Waals surface area (Å²) in [4.78, 5) is 13.4. The summed E-state index contributed by atoms with van der Waals surface area (Å²) in [6.45, 7) is 2.21. The molecule has 1 unspecified atom stereocenters. The van der Waals surface area contributed by atoms with Crippen molar-refractivity contribution >= 4 is 33.8 Å². The predicted molar refractivity (Wildman–Crippen MR) is 81.9 cm³/mol. The third-order valence-electron chi connectivity index (χ3n) is 3.71. The standard InChI is InChI=1S/C15H13ClN2O2S/c1-8-2-3-9-11(7-17)15(21-12(9)6-8)18-14(19)10-4-5-20-13(10)16/h4-5,8H,2-3,6H2,1H3,(H,18,19). The van der Waals surface area contributed by atoms with Gasteiger partial charge in [-0.25, -0.2) is 0 Å². The van der Waals surface area contributed by atoms with Gasteiger partial charge in [-0.05, 0) is 48.4 Å². The third-order valence-corrected chi connectivity index (χ3v) is 5.18. The van der Waals surface area contributed by atoms with Crippen molar-refractivity contribution in [3.63, 3.8) is 0 Å². The number of carbonyl (C=O) groups is 1. The summed E-state index contributed by atoms with van der Waals surface area (Å²) >= 11 is 7.30. The van der Waals surface area contributed by atoms with Crippen LogP contribution in [0.2, 0.25) is 5.22 Å². The second-order valence-corrected chi connectivity index (χ2v) is 6.68. The number of amides is 1. The quantitative estimate of drug-likeness (QED) is 0.899. The molecule has 2 aromatic heterocycles. The number of furan rings is 1. The summed E-state index contributed by atoms with van der Waals surface area (Å²) in [7, 11) is 0. The Hall–Kier alpha value is -1.77. The molecule has 0 spiro atoms. The number of nitrogens with zero attached hydrogens (tertiary/aromatic N) is 1. The molecule has 21 heavy (non-hydrogen) atoms. The topological polar surface area (TPSA) is 66.0 Å². The summed E-state index contributed by atoms with van der Waals surface area (Å²) in [6.07, 6.45) is 4.32. The SMILES string of the molecule is CC1CCc2c(sc(NC(=O)c3ccoc3Cl)c2C#N)C1. The highest BCUT2D eigenvalue weighted by atomic mass is 35.5. The lowest BCUT2D eigenvalue weighted by atomic mass is 9.88. The fourth-order valence-corrected chi connectivity index (χ4v) is 4.14. The molecule has 1 N–H and O–H groups in total. The first-order valence-electron chi connectivity index (χ1n) is 6.69. The summed E-state index contributed by atoms with van der Waals surface area (Å²) in [5.74, 6) is 0.270. The normalized spacial score (nSPS) is 17.1. The second kappa shape index (κ2) is 5.55. The van der Waals surface area contributed by atoms with E-state index in [2.05, 4.69) is 18.3 Å². The molecule has 108 valence electrons. The first-order chi connectivity index (χ1) is 10.1. The molecule has 3 rings (SSSR count). The van der Waals surface area contributed by atoms with Crippen molar-refractivity contribution in [1.29, 1.82) is 5.26 Å². The highest BCUT2D eigenvalue weighted by molar-refractivity contribution is 7.16. The highest BCUT2D eigenvalue weighted by Crippen LogP contribution is 2.39. The molecular weight excluding hydrogens is 308 g/mol. The van der Waals surface area contributed by atoms with E-state index in [0.29, 0.717) is 16.5 Å². The van der Waals surface area contributed by atoms with Crippen molar-refractivity contribution in [2.75, 3.05) is 5.32 Å². The number of halogens is 1. The van der Waals surface area contributed by atoms with E-state index >= 15 is 0 Å². The largest absolute Gasteiger partial charge is 0.452 e. The second-order valence-electron chi connectivity index (χ2n) is 5.23. The minimum absolute atomic E-state index is 0.0564. The number of carbonyl (C=O) groups excluding carboxylic acids is 1. The lowest BCUT2D eigenvalue weighted by Crippen LogP contribution is -2.11. The molecule has 0 fully saturated rings. The van der Waals surface area contributed by atoms with Gasteiger partial charge in [0.1, 0.15) is 11.1 Å². The molecule has 1 aliphatic rings. The maximum atomic E-state index is 12.2. The van der Waals surface area contributed by atoms with Gasteiger partial charge in [-0.3, -0.25) is 4.79 Å². The van der Waals surface area contributed by atoms with Crippen molar-refractivity contribution in [3.8, 4) is 6.07 Å². The van der Waals surface area contributed by atoms with Crippen molar-refractivity contribution in [2.24, 2.45) is 5.92 Å². The van der Waals surface area contributed by atoms with Crippen LogP contribution >= 0.6 is 22.9 Å². The minimum Gasteiger partial charge on any atom is -0.452 e. The Kier molecular flexibility index (Phi) is 3.75. The van der Waals surface area contributed by atoms with Crippen LogP contribution in [-0.4, -0.2) is 5.91 Å². The summed E-state index contributed by atoms with van der Waals surface area (Å²) in [5, 5.41) is 12.8. The Bertz CT molecular complexity index is 741. The van der Waals surface area contributed by atoms with E-state index in [1.165, 1.54) is 28.5 Å². The Morgan fingerprint density at radius 1 is 1.62 bits per heavy atom. The van der Waals surface area contributed by atoms with E-state index < -0.39 is 0 Å². The Balaban J connectivity index is 1.91. The molecule has 0 aliphatic heterocycles. The monoisotopic (exact) mass is 320 g/mol. The molecule has 0 bridgehead atoms. The van der Waals surface area contributed by atoms with Gasteiger partial charge in [0.05, 0.1) is 17.4 Å². The molecule has 1 amide bonds. The number of hydrogen-bond acceptors (Lipinski definition) is 4. The lowest BCUT2D eigenvalue weighted by molar-refractivity contribution is 0.102. The lowest BCUT2D eigenvalue weighted by Gasteiger charge is -2.17. The van der Waals surface area contributed by atoms with E-state index in [9.17, 15) is 10.1 Å². The van der Waals surface area contributed by atoms with Crippen LogP contribution in [0.25, 0.3) is 0 Å². The molecule has 0 saturated heterocycles. The van der Waals surface area contributed by atoms with Crippen molar-refractivity contribution in [1.82, 2.24) is 0 Å². The van der Waals surface area contributed by atoms with E-state index in [0.717, 1.165) is 24.8 Å². The number of nitrogens with one attached hydrogen (secondary N) is 1. The molecule has 1 atom stereocenters. The predicted octanol–water partition coefficient (Wildman–Crippen LogP) is 4.24. The van der Waals surface area contributed by atoms with E-state index in [1.807, 2.05) is 0 Å². The maximum Gasteiger partial charge on any atom is 0.261 e. The molecule has 0 aromatic carbocycles. The molecule has 1 aliphatic carbocycles. The number of hydrogen-bond donors (Lipinski definition) is 1. The highest BCUT2D eigenvalue weighted by Gasteiger charge is 2.25. The van der Waals surface area contributed by atoms with Gasteiger partial charge in [-0.1, -0.05) is 6.92 Å². The Morgan fingerprint density at radius 2 is 2.43 bits per heavy atom. The summed E-state index contributed by atoms with van der Waals surface area (Å²) in [6, 6.07) is 3.74. The first kappa shape index (κ1) is 14.2. The Morgan fingerprint density at radius 3 is 3.10 bits per heavy atom.